The Kier molecular flexibility index (Phi) is 9.20. The number of benzene rings is 11. The summed E-state index contributed by atoms with van der Waals surface area (Å²) in [6, 6.07) is 89.7. The zero-order valence-electron chi connectivity index (χ0n) is 35.0. The van der Waals surface area contributed by atoms with Crippen molar-refractivity contribution < 1.29 is 4.42 Å². The average Bonchev–Trinajstić information content (AvgIpc) is 3.76. The molecule has 11 aromatic carbocycles. The Morgan fingerprint density at radius 1 is 0.281 bits per heavy atom. The highest BCUT2D eigenvalue weighted by atomic mass is 16.3. The zero-order valence-corrected chi connectivity index (χ0v) is 35.0. The van der Waals surface area contributed by atoms with Gasteiger partial charge in [-0.3, -0.25) is 0 Å². The molecule has 1 heterocycles. The molecule has 0 atom stereocenters. The fourth-order valence-electron chi connectivity index (χ4n) is 9.47. The van der Waals surface area contributed by atoms with E-state index < -0.39 is 0 Å². The van der Waals surface area contributed by atoms with Gasteiger partial charge in [0, 0.05) is 22.1 Å². The van der Waals surface area contributed by atoms with Crippen molar-refractivity contribution in [2.24, 2.45) is 0 Å². The van der Waals surface area contributed by atoms with E-state index in [-0.39, 0.29) is 0 Å². The second kappa shape index (κ2) is 15.8. The van der Waals surface area contributed by atoms with Gasteiger partial charge in [-0.1, -0.05) is 188 Å². The Bertz CT molecular complexity index is 3570. The van der Waals surface area contributed by atoms with Crippen LogP contribution in [0.25, 0.3) is 99.1 Å². The van der Waals surface area contributed by atoms with E-state index in [0.717, 1.165) is 72.0 Å². The van der Waals surface area contributed by atoms with Gasteiger partial charge in [0.25, 0.3) is 0 Å². The van der Waals surface area contributed by atoms with E-state index in [1.54, 1.807) is 0 Å². The Labute approximate surface area is 372 Å². The minimum absolute atomic E-state index is 0.830. The molecule has 0 unspecified atom stereocenters. The summed E-state index contributed by atoms with van der Waals surface area (Å²) in [5.74, 6) is 0. The summed E-state index contributed by atoms with van der Waals surface area (Å²) >= 11 is 0. The first-order chi connectivity index (χ1) is 31.7. The van der Waals surface area contributed by atoms with Gasteiger partial charge in [-0.2, -0.15) is 0 Å². The lowest BCUT2D eigenvalue weighted by molar-refractivity contribution is 0.673. The lowest BCUT2D eigenvalue weighted by Crippen LogP contribution is -2.10. The van der Waals surface area contributed by atoms with Gasteiger partial charge in [-0.25, -0.2) is 0 Å². The molecule has 0 spiro atoms. The molecule has 0 radical (unpaired) electrons. The van der Waals surface area contributed by atoms with Crippen LogP contribution in [-0.2, 0) is 0 Å². The van der Waals surface area contributed by atoms with E-state index in [1.807, 2.05) is 0 Å². The van der Waals surface area contributed by atoms with Gasteiger partial charge in [0.15, 0.2) is 0 Å². The molecular weight excluding hydrogens is 775 g/mol. The van der Waals surface area contributed by atoms with Crippen molar-refractivity contribution in [1.82, 2.24) is 0 Å². The molecule has 2 nitrogen and oxygen atoms in total. The van der Waals surface area contributed by atoms with Crippen molar-refractivity contribution >= 4 is 60.5 Å². The molecule has 0 aliphatic carbocycles. The second-order valence-corrected chi connectivity index (χ2v) is 16.5. The SMILES string of the molecule is c1ccc(-c2ccc(N(c3ccc4ccccc4c3)c3cc(-c4cc(-c5ccccc5)cc(-c5ccccc5)c4)cc4oc5c6ccccc6c(-c6ccccc6)cc5c34)cc2)cc1. The molecule has 0 aliphatic heterocycles. The first-order valence-electron chi connectivity index (χ1n) is 21.9. The molecule has 0 bridgehead atoms. The predicted molar refractivity (Wildman–Crippen MR) is 271 cm³/mol. The van der Waals surface area contributed by atoms with Crippen molar-refractivity contribution in [2.45, 2.75) is 0 Å². The fourth-order valence-corrected chi connectivity index (χ4v) is 9.47. The first kappa shape index (κ1) is 37.3. The van der Waals surface area contributed by atoms with Crippen molar-refractivity contribution in [3.63, 3.8) is 0 Å². The topological polar surface area (TPSA) is 16.4 Å². The van der Waals surface area contributed by atoms with Crippen molar-refractivity contribution in [2.75, 3.05) is 4.90 Å². The molecular formula is C62H41NO. The highest BCUT2D eigenvalue weighted by molar-refractivity contribution is 6.23. The summed E-state index contributed by atoms with van der Waals surface area (Å²) in [6.45, 7) is 0. The Balaban J connectivity index is 1.18. The lowest BCUT2D eigenvalue weighted by atomic mass is 9.92. The van der Waals surface area contributed by atoms with Gasteiger partial charge in [-0.05, 0) is 132 Å². The highest BCUT2D eigenvalue weighted by Crippen LogP contribution is 2.49. The normalized spacial score (nSPS) is 11.4. The van der Waals surface area contributed by atoms with Gasteiger partial charge < -0.3 is 9.32 Å². The van der Waals surface area contributed by atoms with E-state index in [1.165, 1.54) is 44.2 Å². The maximum Gasteiger partial charge on any atom is 0.143 e. The van der Waals surface area contributed by atoms with E-state index >= 15 is 0 Å². The van der Waals surface area contributed by atoms with E-state index in [4.69, 9.17) is 4.42 Å². The van der Waals surface area contributed by atoms with Crippen LogP contribution in [0.2, 0.25) is 0 Å². The van der Waals surface area contributed by atoms with Crippen molar-refractivity contribution in [1.29, 1.82) is 0 Å². The number of fused-ring (bicyclic) bond motifs is 6. The van der Waals surface area contributed by atoms with Crippen LogP contribution < -0.4 is 4.90 Å². The van der Waals surface area contributed by atoms with Crippen LogP contribution in [-0.4, -0.2) is 0 Å². The molecule has 0 fully saturated rings. The van der Waals surface area contributed by atoms with E-state index in [2.05, 4.69) is 254 Å². The van der Waals surface area contributed by atoms with Crippen LogP contribution in [0.15, 0.2) is 253 Å². The molecule has 12 aromatic rings. The molecule has 300 valence electrons. The summed E-state index contributed by atoms with van der Waals surface area (Å²) in [5, 5.41) is 6.75. The van der Waals surface area contributed by atoms with Gasteiger partial charge in [0.05, 0.1) is 11.1 Å². The third kappa shape index (κ3) is 6.70. The third-order valence-electron chi connectivity index (χ3n) is 12.6. The number of furan rings is 1. The van der Waals surface area contributed by atoms with Crippen molar-refractivity contribution in [3.05, 3.63) is 249 Å². The predicted octanol–water partition coefficient (Wildman–Crippen LogP) is 17.7. The van der Waals surface area contributed by atoms with Gasteiger partial charge in [0.2, 0.25) is 0 Å². The molecule has 0 saturated carbocycles. The molecule has 0 saturated heterocycles. The summed E-state index contributed by atoms with van der Waals surface area (Å²) in [7, 11) is 0. The summed E-state index contributed by atoms with van der Waals surface area (Å²) in [6.07, 6.45) is 0. The lowest BCUT2D eigenvalue weighted by Gasteiger charge is -2.27. The zero-order chi connectivity index (χ0) is 42.4. The number of anilines is 3. The Morgan fingerprint density at radius 3 is 1.38 bits per heavy atom. The Morgan fingerprint density at radius 2 is 0.750 bits per heavy atom. The summed E-state index contributed by atoms with van der Waals surface area (Å²) in [5.41, 5.74) is 16.4. The molecule has 2 heteroatoms. The van der Waals surface area contributed by atoms with Gasteiger partial charge in [-0.15, -0.1) is 0 Å². The number of hydrogen-bond donors (Lipinski definition) is 0. The minimum atomic E-state index is 0.830. The largest absolute Gasteiger partial charge is 0.455 e. The fraction of sp³-hybridized carbons (Fsp3) is 0. The number of nitrogens with zero attached hydrogens (tertiary/aromatic N) is 1. The third-order valence-corrected chi connectivity index (χ3v) is 12.6. The molecule has 0 aliphatic rings. The summed E-state index contributed by atoms with van der Waals surface area (Å²) < 4.78 is 7.23. The second-order valence-electron chi connectivity index (χ2n) is 16.5. The van der Waals surface area contributed by atoms with E-state index in [9.17, 15) is 0 Å². The van der Waals surface area contributed by atoms with Crippen LogP contribution in [0.5, 0.6) is 0 Å². The monoisotopic (exact) mass is 815 g/mol. The first-order valence-corrected chi connectivity index (χ1v) is 21.9. The minimum Gasteiger partial charge on any atom is -0.455 e. The Hall–Kier alpha value is -8.46. The number of rotatable bonds is 8. The van der Waals surface area contributed by atoms with Crippen LogP contribution in [0.1, 0.15) is 0 Å². The molecule has 0 amide bonds. The van der Waals surface area contributed by atoms with E-state index in [0.29, 0.717) is 0 Å². The molecule has 1 aromatic heterocycles. The molecule has 12 rings (SSSR count). The van der Waals surface area contributed by atoms with Crippen LogP contribution in [0.4, 0.5) is 17.1 Å². The highest BCUT2D eigenvalue weighted by Gasteiger charge is 2.24. The maximum absolute atomic E-state index is 7.23. The molecule has 64 heavy (non-hydrogen) atoms. The maximum atomic E-state index is 7.23. The average molecular weight is 816 g/mol. The van der Waals surface area contributed by atoms with Crippen LogP contribution in [0, 0.1) is 0 Å². The number of hydrogen-bond acceptors (Lipinski definition) is 2. The summed E-state index contributed by atoms with van der Waals surface area (Å²) in [4.78, 5) is 2.43. The standard InChI is InChI=1S/C62H41NO/c1-5-17-42(18-6-1)46-29-32-53(33-30-46)63(54-34-31-45-23-13-14-26-48(45)38-54)59-39-52(51-36-49(43-19-7-2-8-20-43)35-50(37-51)44-21-9-3-10-22-44)40-60-61(59)58-41-57(47-24-11-4-12-25-47)55-27-15-16-28-56(55)62(58)64-60/h1-41H. The van der Waals surface area contributed by atoms with Gasteiger partial charge >= 0.3 is 0 Å². The van der Waals surface area contributed by atoms with Gasteiger partial charge in [0.1, 0.15) is 11.2 Å². The van der Waals surface area contributed by atoms with Crippen molar-refractivity contribution in [3.8, 4) is 55.6 Å². The van der Waals surface area contributed by atoms with Crippen LogP contribution >= 0.6 is 0 Å². The smallest absolute Gasteiger partial charge is 0.143 e. The van der Waals surface area contributed by atoms with Crippen LogP contribution in [0.3, 0.4) is 0 Å². The molecule has 0 N–H and O–H groups in total. The quantitative estimate of drug-likeness (QED) is 0.152.